The lowest BCUT2D eigenvalue weighted by Gasteiger charge is -2.19. The highest BCUT2D eigenvalue weighted by Gasteiger charge is 2.30. The molecule has 0 radical (unpaired) electrons. The van der Waals surface area contributed by atoms with Crippen molar-refractivity contribution >= 4 is 29.3 Å². The molecule has 1 aliphatic rings. The van der Waals surface area contributed by atoms with Crippen molar-refractivity contribution in [3.63, 3.8) is 0 Å². The molecule has 0 aromatic heterocycles. The van der Waals surface area contributed by atoms with Crippen molar-refractivity contribution in [2.45, 2.75) is 18.4 Å². The fourth-order valence-electron chi connectivity index (χ4n) is 4.26. The summed E-state index contributed by atoms with van der Waals surface area (Å²) in [5.41, 5.74) is 5.66. The summed E-state index contributed by atoms with van der Waals surface area (Å²) in [5, 5.41) is 14.4. The van der Waals surface area contributed by atoms with Crippen molar-refractivity contribution in [1.82, 2.24) is 5.32 Å². The first-order chi connectivity index (χ1) is 16.8. The second-order valence-electron chi connectivity index (χ2n) is 8.55. The van der Waals surface area contributed by atoms with Crippen LogP contribution in [0.4, 0.5) is 16.2 Å². The van der Waals surface area contributed by atoms with E-state index in [0.717, 1.165) is 27.9 Å². The quantitative estimate of drug-likeness (QED) is 0.455. The number of aliphatic carboxylic acids is 1. The van der Waals surface area contributed by atoms with Gasteiger partial charge in [0.25, 0.3) is 0 Å². The molecule has 3 N–H and O–H groups in total. The third kappa shape index (κ3) is 5.43. The molecule has 180 valence electrons. The van der Waals surface area contributed by atoms with Crippen LogP contribution in [0.1, 0.15) is 23.5 Å². The Labute approximate surface area is 203 Å². The molecule has 4 rings (SSSR count). The van der Waals surface area contributed by atoms with Crippen molar-refractivity contribution in [2.75, 3.05) is 30.9 Å². The zero-order valence-corrected chi connectivity index (χ0v) is 19.5. The van der Waals surface area contributed by atoms with Crippen LogP contribution in [0.15, 0.2) is 72.8 Å². The number of alkyl carbamates (subject to hydrolysis) is 1. The molecule has 8 heteroatoms. The van der Waals surface area contributed by atoms with Crippen LogP contribution in [0.2, 0.25) is 0 Å². The van der Waals surface area contributed by atoms with Crippen LogP contribution in [0, 0.1) is 0 Å². The van der Waals surface area contributed by atoms with E-state index in [1.807, 2.05) is 73.6 Å². The van der Waals surface area contributed by atoms with Gasteiger partial charge in [0, 0.05) is 31.4 Å². The fraction of sp³-hybridized carbons (Fsp3) is 0.222. The maximum atomic E-state index is 12.8. The van der Waals surface area contributed by atoms with Gasteiger partial charge in [-0.2, -0.15) is 0 Å². The van der Waals surface area contributed by atoms with Gasteiger partial charge in [-0.25, -0.2) is 4.79 Å². The number of rotatable bonds is 8. The lowest BCUT2D eigenvalue weighted by Crippen LogP contribution is -2.45. The number of nitrogens with zero attached hydrogens (tertiary/aromatic N) is 1. The summed E-state index contributed by atoms with van der Waals surface area (Å²) in [6.07, 6.45) is -1.43. The predicted octanol–water partition coefficient (Wildman–Crippen LogP) is 4.07. The second kappa shape index (κ2) is 10.3. The number of benzene rings is 3. The number of carbonyl (C=O) groups is 3. The molecule has 8 nitrogen and oxygen atoms in total. The SMILES string of the molecule is CN(C)c1cccc(NC(=O)C(CC(=O)O)NC(=O)OCC2c3ccccc3-c3ccccc32)c1. The standard InChI is InChI=1S/C27H27N3O5/c1-30(2)18-9-7-8-17(14-18)28-26(33)24(15-25(31)32)29-27(34)35-16-23-21-12-5-3-10-19(21)20-11-4-6-13-22(20)23/h3-14,23-24H,15-16H2,1-2H3,(H,28,33)(H,29,34)(H,31,32). The Morgan fingerprint density at radius 3 is 2.17 bits per heavy atom. The number of hydrogen-bond acceptors (Lipinski definition) is 5. The van der Waals surface area contributed by atoms with Crippen LogP contribution in [0.5, 0.6) is 0 Å². The maximum Gasteiger partial charge on any atom is 0.407 e. The minimum absolute atomic E-state index is 0.0617. The first kappa shape index (κ1) is 23.8. The van der Waals surface area contributed by atoms with Gasteiger partial charge >= 0.3 is 12.1 Å². The van der Waals surface area contributed by atoms with E-state index in [1.165, 1.54) is 0 Å². The lowest BCUT2D eigenvalue weighted by molar-refractivity contribution is -0.139. The molecule has 35 heavy (non-hydrogen) atoms. The van der Waals surface area contributed by atoms with Crippen molar-refractivity contribution < 1.29 is 24.2 Å². The first-order valence-corrected chi connectivity index (χ1v) is 11.2. The third-order valence-electron chi connectivity index (χ3n) is 5.96. The van der Waals surface area contributed by atoms with Crippen LogP contribution >= 0.6 is 0 Å². The normalized spacial score (nSPS) is 12.7. The number of anilines is 2. The number of amides is 2. The molecule has 0 aliphatic heterocycles. The van der Waals surface area contributed by atoms with E-state index >= 15 is 0 Å². The Morgan fingerprint density at radius 2 is 1.57 bits per heavy atom. The summed E-state index contributed by atoms with van der Waals surface area (Å²) < 4.78 is 5.47. The van der Waals surface area contributed by atoms with Gasteiger partial charge in [-0.1, -0.05) is 54.6 Å². The number of nitrogens with one attached hydrogen (secondary N) is 2. The topological polar surface area (TPSA) is 108 Å². The van der Waals surface area contributed by atoms with E-state index in [2.05, 4.69) is 10.6 Å². The van der Waals surface area contributed by atoms with E-state index in [9.17, 15) is 19.5 Å². The van der Waals surface area contributed by atoms with Crippen molar-refractivity contribution in [3.8, 4) is 11.1 Å². The van der Waals surface area contributed by atoms with Crippen LogP contribution < -0.4 is 15.5 Å². The van der Waals surface area contributed by atoms with Crippen LogP contribution in [-0.4, -0.2) is 49.8 Å². The first-order valence-electron chi connectivity index (χ1n) is 11.2. The molecule has 3 aromatic rings. The molecule has 0 saturated heterocycles. The number of carbonyl (C=O) groups excluding carboxylic acids is 2. The molecule has 1 aliphatic carbocycles. The van der Waals surface area contributed by atoms with Gasteiger partial charge in [-0.15, -0.1) is 0 Å². The minimum Gasteiger partial charge on any atom is -0.481 e. The highest BCUT2D eigenvalue weighted by atomic mass is 16.5. The highest BCUT2D eigenvalue weighted by Crippen LogP contribution is 2.44. The number of carboxylic acid groups (broad SMARTS) is 1. The molecule has 1 unspecified atom stereocenters. The maximum absolute atomic E-state index is 12.8. The second-order valence-corrected chi connectivity index (χ2v) is 8.55. The summed E-state index contributed by atoms with van der Waals surface area (Å²) in [6, 6.07) is 21.7. The number of carboxylic acids is 1. The highest BCUT2D eigenvalue weighted by molar-refractivity contribution is 5.98. The van der Waals surface area contributed by atoms with Gasteiger partial charge in [0.05, 0.1) is 6.42 Å². The van der Waals surface area contributed by atoms with E-state index in [4.69, 9.17) is 4.74 Å². The van der Waals surface area contributed by atoms with Crippen molar-refractivity contribution in [1.29, 1.82) is 0 Å². The Hall–Kier alpha value is -4.33. The minimum atomic E-state index is -1.30. The van der Waals surface area contributed by atoms with Crippen molar-refractivity contribution in [2.24, 2.45) is 0 Å². The van der Waals surface area contributed by atoms with E-state index in [-0.39, 0.29) is 12.5 Å². The van der Waals surface area contributed by atoms with E-state index < -0.39 is 30.4 Å². The summed E-state index contributed by atoms with van der Waals surface area (Å²) in [7, 11) is 3.74. The van der Waals surface area contributed by atoms with Gasteiger partial charge in [-0.05, 0) is 40.5 Å². The lowest BCUT2D eigenvalue weighted by atomic mass is 9.98. The van der Waals surface area contributed by atoms with E-state index in [1.54, 1.807) is 18.2 Å². The van der Waals surface area contributed by atoms with Gasteiger partial charge in [0.1, 0.15) is 12.6 Å². The molecule has 0 heterocycles. The molecule has 3 aromatic carbocycles. The Balaban J connectivity index is 1.42. The smallest absolute Gasteiger partial charge is 0.407 e. The van der Waals surface area contributed by atoms with Gasteiger partial charge < -0.3 is 25.4 Å². The van der Waals surface area contributed by atoms with Gasteiger partial charge in [0.15, 0.2) is 0 Å². The average Bonchev–Trinajstić information content (AvgIpc) is 3.16. The van der Waals surface area contributed by atoms with Crippen LogP contribution in [0.25, 0.3) is 11.1 Å². The van der Waals surface area contributed by atoms with Crippen LogP contribution in [-0.2, 0) is 14.3 Å². The fourth-order valence-corrected chi connectivity index (χ4v) is 4.26. The Kier molecular flexibility index (Phi) is 7.01. The third-order valence-corrected chi connectivity index (χ3v) is 5.96. The number of fused-ring (bicyclic) bond motifs is 3. The zero-order valence-electron chi connectivity index (χ0n) is 19.5. The van der Waals surface area contributed by atoms with Gasteiger partial charge in [-0.3, -0.25) is 9.59 Å². The molecule has 1 atom stereocenters. The van der Waals surface area contributed by atoms with E-state index in [0.29, 0.717) is 5.69 Å². The summed E-state index contributed by atoms with van der Waals surface area (Å²) >= 11 is 0. The van der Waals surface area contributed by atoms with Crippen molar-refractivity contribution in [3.05, 3.63) is 83.9 Å². The Bertz CT molecular complexity index is 1210. The largest absolute Gasteiger partial charge is 0.481 e. The Morgan fingerprint density at radius 1 is 0.943 bits per heavy atom. The predicted molar refractivity (Wildman–Crippen MR) is 134 cm³/mol. The molecule has 2 amide bonds. The molecular weight excluding hydrogens is 446 g/mol. The van der Waals surface area contributed by atoms with Gasteiger partial charge in [0.2, 0.25) is 5.91 Å². The average molecular weight is 474 g/mol. The number of hydrogen-bond donors (Lipinski definition) is 3. The molecule has 0 spiro atoms. The molecular formula is C27H27N3O5. The summed E-state index contributed by atoms with van der Waals surface area (Å²) in [4.78, 5) is 38.6. The molecule has 0 fully saturated rings. The zero-order chi connectivity index (χ0) is 24.9. The molecule has 0 bridgehead atoms. The molecule has 0 saturated carbocycles. The summed E-state index contributed by atoms with van der Waals surface area (Å²) in [6.45, 7) is 0.0617. The van der Waals surface area contributed by atoms with Crippen LogP contribution in [0.3, 0.4) is 0 Å². The monoisotopic (exact) mass is 473 g/mol. The summed E-state index contributed by atoms with van der Waals surface area (Å²) in [5.74, 6) is -2.00. The number of ether oxygens (including phenoxy) is 1.